The predicted octanol–water partition coefficient (Wildman–Crippen LogP) is 3.09. The van der Waals surface area contributed by atoms with Gasteiger partial charge in [0.05, 0.1) is 11.3 Å². The topological polar surface area (TPSA) is 62.8 Å². The van der Waals surface area contributed by atoms with Gasteiger partial charge < -0.3 is 4.98 Å². The zero-order chi connectivity index (χ0) is 13.9. The lowest BCUT2D eigenvalue weighted by Crippen LogP contribution is -2.09. The van der Waals surface area contributed by atoms with Crippen molar-refractivity contribution in [2.24, 2.45) is 0 Å². The van der Waals surface area contributed by atoms with Gasteiger partial charge in [0.2, 0.25) is 0 Å². The van der Waals surface area contributed by atoms with Crippen molar-refractivity contribution in [1.29, 1.82) is 0 Å². The Morgan fingerprint density at radius 3 is 2.80 bits per heavy atom. The van der Waals surface area contributed by atoms with Gasteiger partial charge in [-0.3, -0.25) is 9.59 Å². The van der Waals surface area contributed by atoms with Crippen molar-refractivity contribution in [3.63, 3.8) is 0 Å². The molecule has 0 unspecified atom stereocenters. The van der Waals surface area contributed by atoms with Crippen molar-refractivity contribution in [3.8, 4) is 0 Å². The molecule has 2 aromatic heterocycles. The Kier molecular flexibility index (Phi) is 3.66. The molecule has 1 N–H and O–H groups in total. The molecule has 0 bridgehead atoms. The van der Waals surface area contributed by atoms with Crippen LogP contribution in [-0.4, -0.2) is 16.3 Å². The van der Waals surface area contributed by atoms with E-state index in [2.05, 4.69) is 9.97 Å². The van der Waals surface area contributed by atoms with E-state index in [0.29, 0.717) is 21.8 Å². The molecule has 4 nitrogen and oxygen atoms in total. The fourth-order valence-corrected chi connectivity index (χ4v) is 3.28. The first kappa shape index (κ1) is 13.1. The normalized spacial score (nSPS) is 10.8. The van der Waals surface area contributed by atoms with Gasteiger partial charge in [0, 0.05) is 10.5 Å². The number of hydrogen-bond acceptors (Lipinski definition) is 5. The van der Waals surface area contributed by atoms with Crippen LogP contribution in [0.25, 0.3) is 10.2 Å². The lowest BCUT2D eigenvalue weighted by Gasteiger charge is -2.02. The molecular formula is C14H10N2O2S2. The summed E-state index contributed by atoms with van der Waals surface area (Å²) in [5, 5.41) is 1.86. The van der Waals surface area contributed by atoms with Crippen LogP contribution in [0.3, 0.4) is 0 Å². The van der Waals surface area contributed by atoms with Crippen LogP contribution in [0.4, 0.5) is 0 Å². The predicted molar refractivity (Wildman–Crippen MR) is 81.6 cm³/mol. The summed E-state index contributed by atoms with van der Waals surface area (Å²) in [5.41, 5.74) is 1.31. The molecule has 0 atom stereocenters. The van der Waals surface area contributed by atoms with E-state index in [0.717, 1.165) is 16.7 Å². The minimum Gasteiger partial charge on any atom is -0.309 e. The van der Waals surface area contributed by atoms with E-state index < -0.39 is 0 Å². The SMILES string of the molecule is O=Cc1ccc(SCc2nc3ccsc3c(=O)[nH]2)cc1. The molecule has 0 radical (unpaired) electrons. The number of benzene rings is 1. The van der Waals surface area contributed by atoms with E-state index in [1.165, 1.54) is 11.3 Å². The van der Waals surface area contributed by atoms with Gasteiger partial charge in [-0.2, -0.15) is 0 Å². The van der Waals surface area contributed by atoms with Gasteiger partial charge in [-0.15, -0.1) is 23.1 Å². The summed E-state index contributed by atoms with van der Waals surface area (Å²) in [6.45, 7) is 0. The Morgan fingerprint density at radius 1 is 1.25 bits per heavy atom. The molecule has 0 saturated carbocycles. The number of carbonyl (C=O) groups is 1. The molecule has 3 aromatic rings. The first-order valence-electron chi connectivity index (χ1n) is 5.91. The zero-order valence-electron chi connectivity index (χ0n) is 10.3. The first-order valence-corrected chi connectivity index (χ1v) is 7.77. The second-order valence-corrected chi connectivity index (χ2v) is 6.09. The number of H-pyrrole nitrogens is 1. The Labute approximate surface area is 122 Å². The Bertz CT molecular complexity index is 806. The molecule has 100 valence electrons. The highest BCUT2D eigenvalue weighted by molar-refractivity contribution is 7.98. The van der Waals surface area contributed by atoms with Crippen LogP contribution in [0.5, 0.6) is 0 Å². The number of aromatic amines is 1. The van der Waals surface area contributed by atoms with E-state index in [-0.39, 0.29) is 5.56 Å². The molecule has 0 aliphatic carbocycles. The van der Waals surface area contributed by atoms with Gasteiger partial charge in [-0.25, -0.2) is 4.98 Å². The first-order chi connectivity index (χ1) is 9.76. The van der Waals surface area contributed by atoms with Gasteiger partial charge in [-0.1, -0.05) is 12.1 Å². The van der Waals surface area contributed by atoms with Gasteiger partial charge in [0.1, 0.15) is 16.8 Å². The maximum absolute atomic E-state index is 11.8. The lowest BCUT2D eigenvalue weighted by atomic mass is 10.2. The van der Waals surface area contributed by atoms with Gasteiger partial charge >= 0.3 is 0 Å². The van der Waals surface area contributed by atoms with Crippen LogP contribution in [0.1, 0.15) is 16.2 Å². The molecule has 0 aliphatic rings. The molecule has 0 aliphatic heterocycles. The van der Waals surface area contributed by atoms with Gasteiger partial charge in [0.15, 0.2) is 0 Å². The average Bonchev–Trinajstić information content (AvgIpc) is 2.94. The molecule has 0 amide bonds. The quantitative estimate of drug-likeness (QED) is 0.594. The highest BCUT2D eigenvalue weighted by Gasteiger charge is 2.05. The summed E-state index contributed by atoms with van der Waals surface area (Å²) >= 11 is 2.96. The Morgan fingerprint density at radius 2 is 2.05 bits per heavy atom. The third kappa shape index (κ3) is 2.66. The average molecular weight is 302 g/mol. The second kappa shape index (κ2) is 5.60. The molecular weight excluding hydrogens is 292 g/mol. The van der Waals surface area contributed by atoms with Crippen molar-refractivity contribution in [3.05, 3.63) is 57.5 Å². The number of hydrogen-bond donors (Lipinski definition) is 1. The highest BCUT2D eigenvalue weighted by Crippen LogP contribution is 2.22. The molecule has 6 heteroatoms. The van der Waals surface area contributed by atoms with E-state index in [9.17, 15) is 9.59 Å². The summed E-state index contributed by atoms with van der Waals surface area (Å²) < 4.78 is 0.661. The van der Waals surface area contributed by atoms with Crippen molar-refractivity contribution < 1.29 is 4.79 Å². The number of thioether (sulfide) groups is 1. The molecule has 3 rings (SSSR count). The van der Waals surface area contributed by atoms with Crippen molar-refractivity contribution in [2.45, 2.75) is 10.6 Å². The van der Waals surface area contributed by atoms with Crippen molar-refractivity contribution in [2.75, 3.05) is 0 Å². The fraction of sp³-hybridized carbons (Fsp3) is 0.0714. The third-order valence-corrected chi connectivity index (χ3v) is 4.68. The molecule has 0 fully saturated rings. The maximum Gasteiger partial charge on any atom is 0.268 e. The van der Waals surface area contributed by atoms with E-state index in [1.807, 2.05) is 23.6 Å². The van der Waals surface area contributed by atoms with E-state index >= 15 is 0 Å². The smallest absolute Gasteiger partial charge is 0.268 e. The largest absolute Gasteiger partial charge is 0.309 e. The lowest BCUT2D eigenvalue weighted by molar-refractivity contribution is 0.112. The number of aromatic nitrogens is 2. The van der Waals surface area contributed by atoms with Crippen LogP contribution in [0.15, 0.2) is 45.4 Å². The van der Waals surface area contributed by atoms with Crippen LogP contribution in [-0.2, 0) is 5.75 Å². The standard InChI is InChI=1S/C14H10N2O2S2/c17-7-9-1-3-10(4-2-9)20-8-12-15-11-5-6-19-13(11)14(18)16-12/h1-7H,8H2,(H,15,16,18). The zero-order valence-corrected chi connectivity index (χ0v) is 12.0. The number of nitrogens with one attached hydrogen (secondary N) is 1. The van der Waals surface area contributed by atoms with Crippen molar-refractivity contribution >= 4 is 39.6 Å². The molecule has 2 heterocycles. The summed E-state index contributed by atoms with van der Waals surface area (Å²) in [7, 11) is 0. The van der Waals surface area contributed by atoms with E-state index in [1.54, 1.807) is 23.9 Å². The van der Waals surface area contributed by atoms with Crippen LogP contribution < -0.4 is 5.56 Å². The summed E-state index contributed by atoms with van der Waals surface area (Å²) in [4.78, 5) is 30.7. The number of carbonyl (C=O) groups excluding carboxylic acids is 1. The second-order valence-electron chi connectivity index (χ2n) is 4.12. The molecule has 0 saturated heterocycles. The van der Waals surface area contributed by atoms with Crippen LogP contribution in [0.2, 0.25) is 0 Å². The molecule has 1 aromatic carbocycles. The minimum atomic E-state index is -0.0862. The number of rotatable bonds is 4. The Balaban J connectivity index is 1.78. The van der Waals surface area contributed by atoms with Crippen molar-refractivity contribution in [1.82, 2.24) is 9.97 Å². The number of thiophene rings is 1. The van der Waals surface area contributed by atoms with Crippen LogP contribution >= 0.6 is 23.1 Å². The maximum atomic E-state index is 11.8. The number of nitrogens with zero attached hydrogens (tertiary/aromatic N) is 1. The number of fused-ring (bicyclic) bond motifs is 1. The van der Waals surface area contributed by atoms with Gasteiger partial charge in [0.25, 0.3) is 5.56 Å². The Hall–Kier alpha value is -1.92. The fourth-order valence-electron chi connectivity index (χ4n) is 1.78. The molecule has 0 spiro atoms. The molecule has 20 heavy (non-hydrogen) atoms. The van der Waals surface area contributed by atoms with E-state index in [4.69, 9.17) is 0 Å². The monoisotopic (exact) mass is 302 g/mol. The minimum absolute atomic E-state index is 0.0862. The summed E-state index contributed by atoms with van der Waals surface area (Å²) in [5.74, 6) is 1.24. The summed E-state index contributed by atoms with van der Waals surface area (Å²) in [6.07, 6.45) is 0.817. The summed E-state index contributed by atoms with van der Waals surface area (Å²) in [6, 6.07) is 9.16. The van der Waals surface area contributed by atoms with Crippen LogP contribution in [0, 0.1) is 0 Å². The third-order valence-electron chi connectivity index (χ3n) is 2.76. The highest BCUT2D eigenvalue weighted by atomic mass is 32.2. The van der Waals surface area contributed by atoms with Gasteiger partial charge in [-0.05, 0) is 23.6 Å². The number of aldehydes is 1.